The second-order valence-electron chi connectivity index (χ2n) is 7.18. The van der Waals surface area contributed by atoms with E-state index in [-0.39, 0.29) is 30.2 Å². The highest BCUT2D eigenvalue weighted by Gasteiger charge is 2.32. The van der Waals surface area contributed by atoms with Crippen LogP contribution in [0.15, 0.2) is 34.9 Å². The Morgan fingerprint density at radius 3 is 2.81 bits per heavy atom. The first-order valence-corrected chi connectivity index (χ1v) is 9.02. The molecule has 7 nitrogen and oxygen atoms in total. The van der Waals surface area contributed by atoms with Gasteiger partial charge in [0.2, 0.25) is 5.91 Å². The van der Waals surface area contributed by atoms with Gasteiger partial charge in [-0.05, 0) is 37.1 Å². The van der Waals surface area contributed by atoms with Gasteiger partial charge in [-0.3, -0.25) is 4.79 Å². The summed E-state index contributed by atoms with van der Waals surface area (Å²) in [5, 5.41) is 6.89. The Balaban J connectivity index is 1.32. The molecule has 2 aliphatic rings. The largest absolute Gasteiger partial charge is 0.361 e. The van der Waals surface area contributed by atoms with Crippen molar-refractivity contribution in [1.82, 2.24) is 15.4 Å². The molecule has 2 aromatic rings. The van der Waals surface area contributed by atoms with Crippen LogP contribution in [0.25, 0.3) is 0 Å². The molecule has 0 bridgehead atoms. The molecule has 1 aromatic heterocycles. The summed E-state index contributed by atoms with van der Waals surface area (Å²) in [7, 11) is 1.68. The average molecular weight is 372 g/mol. The predicted octanol–water partition coefficient (Wildman–Crippen LogP) is 2.64. The Morgan fingerprint density at radius 1 is 1.37 bits per heavy atom. The van der Waals surface area contributed by atoms with Gasteiger partial charge in [-0.1, -0.05) is 5.16 Å². The van der Waals surface area contributed by atoms with Gasteiger partial charge in [0.05, 0.1) is 12.6 Å². The number of nitrogens with one attached hydrogen (secondary N) is 1. The molecule has 8 heteroatoms. The first kappa shape index (κ1) is 17.5. The minimum atomic E-state index is -0.352. The number of carbonyl (C=O) groups is 2. The van der Waals surface area contributed by atoms with E-state index in [9.17, 15) is 14.0 Å². The molecule has 27 heavy (non-hydrogen) atoms. The summed E-state index contributed by atoms with van der Waals surface area (Å²) in [6.07, 6.45) is 2.48. The van der Waals surface area contributed by atoms with Crippen LogP contribution in [-0.4, -0.2) is 41.6 Å². The number of amides is 3. The lowest BCUT2D eigenvalue weighted by Gasteiger charge is -2.20. The first-order valence-electron chi connectivity index (χ1n) is 9.02. The van der Waals surface area contributed by atoms with Crippen molar-refractivity contribution >= 4 is 17.6 Å². The molecule has 0 unspecified atom stereocenters. The fraction of sp³-hybridized carbons (Fsp3) is 0.421. The fourth-order valence-electron chi connectivity index (χ4n) is 3.24. The zero-order valence-corrected chi connectivity index (χ0v) is 15.0. The first-order chi connectivity index (χ1) is 13.0. The summed E-state index contributed by atoms with van der Waals surface area (Å²) in [6, 6.07) is 7.08. The Labute approximate surface area is 156 Å². The third-order valence-electron chi connectivity index (χ3n) is 4.89. The van der Waals surface area contributed by atoms with Gasteiger partial charge in [-0.15, -0.1) is 0 Å². The molecule has 1 saturated heterocycles. The van der Waals surface area contributed by atoms with E-state index >= 15 is 0 Å². The highest BCUT2D eigenvalue weighted by molar-refractivity contribution is 5.96. The number of nitrogens with zero attached hydrogens (tertiary/aromatic N) is 3. The maximum Gasteiger partial charge on any atom is 0.317 e. The molecule has 0 spiro atoms. The van der Waals surface area contributed by atoms with E-state index in [2.05, 4.69) is 10.5 Å². The van der Waals surface area contributed by atoms with Crippen molar-refractivity contribution in [3.63, 3.8) is 0 Å². The second-order valence-corrected chi connectivity index (χ2v) is 7.18. The van der Waals surface area contributed by atoms with E-state index in [1.165, 1.54) is 17.0 Å². The molecule has 1 atom stereocenters. The van der Waals surface area contributed by atoms with Gasteiger partial charge in [0.1, 0.15) is 17.3 Å². The molecule has 1 aliphatic carbocycles. The zero-order valence-electron chi connectivity index (χ0n) is 15.0. The standard InChI is InChI=1S/C19H21FN4O3/c1-23(10-15-8-17(27-22-15)12-2-3-12)19(26)21-14-9-18(25)24(11-14)16-6-4-13(20)5-7-16/h4-8,12,14H,2-3,9-11H2,1H3,(H,21,26)/t14-/m1/s1. The monoisotopic (exact) mass is 372 g/mol. The van der Waals surface area contributed by atoms with Crippen molar-refractivity contribution in [1.29, 1.82) is 0 Å². The third kappa shape index (κ3) is 3.94. The van der Waals surface area contributed by atoms with E-state index in [0.717, 1.165) is 18.6 Å². The molecule has 1 saturated carbocycles. The van der Waals surface area contributed by atoms with Crippen LogP contribution in [0.4, 0.5) is 14.9 Å². The van der Waals surface area contributed by atoms with Crippen molar-refractivity contribution in [3.05, 3.63) is 47.6 Å². The summed E-state index contributed by atoms with van der Waals surface area (Å²) >= 11 is 0. The number of halogens is 1. The maximum absolute atomic E-state index is 13.1. The van der Waals surface area contributed by atoms with Crippen molar-refractivity contribution in [2.45, 2.75) is 37.8 Å². The minimum absolute atomic E-state index is 0.0971. The number of rotatable bonds is 5. The number of anilines is 1. The van der Waals surface area contributed by atoms with Crippen molar-refractivity contribution in [2.24, 2.45) is 0 Å². The van der Waals surface area contributed by atoms with Crippen LogP contribution >= 0.6 is 0 Å². The molecule has 1 aliphatic heterocycles. The van der Waals surface area contributed by atoms with Gasteiger partial charge < -0.3 is 19.6 Å². The quantitative estimate of drug-likeness (QED) is 0.875. The van der Waals surface area contributed by atoms with E-state index in [1.807, 2.05) is 6.07 Å². The highest BCUT2D eigenvalue weighted by Crippen LogP contribution is 2.40. The summed E-state index contributed by atoms with van der Waals surface area (Å²) in [4.78, 5) is 27.7. The van der Waals surface area contributed by atoms with Gasteiger partial charge in [-0.25, -0.2) is 9.18 Å². The van der Waals surface area contributed by atoms with Crippen LogP contribution in [0.3, 0.4) is 0 Å². The van der Waals surface area contributed by atoms with Gasteiger partial charge in [0.15, 0.2) is 0 Å². The predicted molar refractivity (Wildman–Crippen MR) is 95.6 cm³/mol. The Morgan fingerprint density at radius 2 is 2.11 bits per heavy atom. The van der Waals surface area contributed by atoms with Crippen LogP contribution in [0.1, 0.15) is 36.6 Å². The van der Waals surface area contributed by atoms with Crippen molar-refractivity contribution in [3.8, 4) is 0 Å². The average Bonchev–Trinajstić information content (AvgIpc) is 3.29. The van der Waals surface area contributed by atoms with E-state index in [1.54, 1.807) is 24.1 Å². The van der Waals surface area contributed by atoms with E-state index in [0.29, 0.717) is 30.4 Å². The molecule has 1 N–H and O–H groups in total. The number of aromatic nitrogens is 1. The lowest BCUT2D eigenvalue weighted by molar-refractivity contribution is -0.117. The lowest BCUT2D eigenvalue weighted by atomic mass is 10.2. The van der Waals surface area contributed by atoms with E-state index < -0.39 is 0 Å². The Hall–Kier alpha value is -2.90. The zero-order chi connectivity index (χ0) is 19.0. The molecular weight excluding hydrogens is 351 g/mol. The van der Waals surface area contributed by atoms with E-state index in [4.69, 9.17) is 4.52 Å². The van der Waals surface area contributed by atoms with Crippen molar-refractivity contribution < 1.29 is 18.5 Å². The number of benzene rings is 1. The smallest absolute Gasteiger partial charge is 0.317 e. The minimum Gasteiger partial charge on any atom is -0.361 e. The fourth-order valence-corrected chi connectivity index (χ4v) is 3.24. The molecule has 2 heterocycles. The van der Waals surface area contributed by atoms with Crippen LogP contribution in [0.5, 0.6) is 0 Å². The van der Waals surface area contributed by atoms with Crippen molar-refractivity contribution in [2.75, 3.05) is 18.5 Å². The van der Waals surface area contributed by atoms with Crippen LogP contribution in [-0.2, 0) is 11.3 Å². The van der Waals surface area contributed by atoms with Gasteiger partial charge >= 0.3 is 6.03 Å². The SMILES string of the molecule is CN(Cc1cc(C2CC2)on1)C(=O)N[C@@H]1CC(=O)N(c2ccc(F)cc2)C1. The summed E-state index contributed by atoms with van der Waals surface area (Å²) in [5.74, 6) is 0.914. The number of hydrogen-bond acceptors (Lipinski definition) is 4. The molecule has 1 aromatic carbocycles. The normalized spacial score (nSPS) is 19.4. The number of carbonyl (C=O) groups excluding carboxylic acids is 2. The maximum atomic E-state index is 13.1. The molecule has 3 amide bonds. The van der Waals surface area contributed by atoms with Crippen LogP contribution < -0.4 is 10.2 Å². The summed E-state index contributed by atoms with van der Waals surface area (Å²) in [5.41, 5.74) is 1.34. The topological polar surface area (TPSA) is 78.7 Å². The molecule has 142 valence electrons. The Kier molecular flexibility index (Phi) is 4.55. The lowest BCUT2D eigenvalue weighted by Crippen LogP contribution is -2.44. The van der Waals surface area contributed by atoms with Crippen LogP contribution in [0.2, 0.25) is 0 Å². The number of hydrogen-bond donors (Lipinski definition) is 1. The number of urea groups is 1. The summed E-state index contributed by atoms with van der Waals surface area (Å²) in [6.45, 7) is 0.699. The molecule has 4 rings (SSSR count). The van der Waals surface area contributed by atoms with Gasteiger partial charge in [0, 0.05) is 37.7 Å². The third-order valence-corrected chi connectivity index (χ3v) is 4.89. The second kappa shape index (κ2) is 7.02. The Bertz CT molecular complexity index is 847. The molecular formula is C19H21FN4O3. The molecule has 2 fully saturated rings. The van der Waals surface area contributed by atoms with Gasteiger partial charge in [0.25, 0.3) is 0 Å². The van der Waals surface area contributed by atoms with Gasteiger partial charge in [-0.2, -0.15) is 0 Å². The highest BCUT2D eigenvalue weighted by atomic mass is 19.1. The van der Waals surface area contributed by atoms with Crippen LogP contribution in [0, 0.1) is 5.82 Å². The summed E-state index contributed by atoms with van der Waals surface area (Å²) < 4.78 is 18.4. The molecule has 0 radical (unpaired) electrons.